The van der Waals surface area contributed by atoms with Gasteiger partial charge in [-0.1, -0.05) is 62.1 Å². The van der Waals surface area contributed by atoms with Gasteiger partial charge in [-0.2, -0.15) is 0 Å². The van der Waals surface area contributed by atoms with Crippen LogP contribution in [0.5, 0.6) is 0 Å². The highest BCUT2D eigenvalue weighted by Gasteiger charge is 2.45. The first-order chi connectivity index (χ1) is 10.0. The minimum absolute atomic E-state index is 0.237. The molecule has 1 nitrogen and oxygen atoms in total. The molecule has 0 bridgehead atoms. The highest BCUT2D eigenvalue weighted by Crippen LogP contribution is 2.45. The molecule has 108 valence electrons. The normalized spacial score (nSPS) is 20.5. The van der Waals surface area contributed by atoms with Gasteiger partial charge in [-0.15, -0.1) is 0 Å². The van der Waals surface area contributed by atoms with E-state index in [2.05, 4.69) is 73.2 Å². The molecule has 1 aromatic carbocycles. The predicted molar refractivity (Wildman–Crippen MR) is 93.1 cm³/mol. The van der Waals surface area contributed by atoms with Crippen molar-refractivity contribution < 1.29 is 0 Å². The Balaban J connectivity index is 1.96. The zero-order valence-electron chi connectivity index (χ0n) is 13.1. The van der Waals surface area contributed by atoms with Gasteiger partial charge in [0.1, 0.15) is 0 Å². The Morgan fingerprint density at radius 2 is 1.76 bits per heavy atom. The molecule has 0 spiro atoms. The molecule has 2 heteroatoms. The summed E-state index contributed by atoms with van der Waals surface area (Å²) in [4.78, 5) is 4.50. The van der Waals surface area contributed by atoms with Crippen LogP contribution in [0.2, 0.25) is 19.6 Å². The fourth-order valence-corrected chi connectivity index (χ4v) is 5.98. The van der Waals surface area contributed by atoms with Crippen LogP contribution in [0.25, 0.3) is 6.08 Å². The molecule has 1 aliphatic rings. The maximum absolute atomic E-state index is 4.50. The quantitative estimate of drug-likeness (QED) is 0.734. The maximum Gasteiger partial charge on any atom is 0.0605 e. The number of aryl methyl sites for hydroxylation is 1. The Morgan fingerprint density at radius 3 is 2.48 bits per heavy atom. The summed E-state index contributed by atoms with van der Waals surface area (Å²) in [5.74, 6) is 0. The third kappa shape index (κ3) is 2.49. The zero-order chi connectivity index (χ0) is 14.9. The second-order valence-electron chi connectivity index (χ2n) is 6.96. The van der Waals surface area contributed by atoms with Crippen molar-refractivity contribution in [3.63, 3.8) is 0 Å². The van der Waals surface area contributed by atoms with Crippen molar-refractivity contribution in [2.75, 3.05) is 0 Å². The van der Waals surface area contributed by atoms with Crippen LogP contribution in [0, 0.1) is 0 Å². The second-order valence-corrected chi connectivity index (χ2v) is 12.4. The molecule has 21 heavy (non-hydrogen) atoms. The first-order valence-corrected chi connectivity index (χ1v) is 11.2. The fraction of sp³-hybridized carbons (Fsp3) is 0.316. The summed E-state index contributed by atoms with van der Waals surface area (Å²) < 4.78 is 0. The summed E-state index contributed by atoms with van der Waals surface area (Å²) in [5.41, 5.74) is 4.13. The van der Waals surface area contributed by atoms with Gasteiger partial charge in [0.05, 0.1) is 8.07 Å². The molecule has 0 saturated heterocycles. The zero-order valence-corrected chi connectivity index (χ0v) is 14.1. The van der Waals surface area contributed by atoms with Gasteiger partial charge in [0.25, 0.3) is 0 Å². The minimum atomic E-state index is -1.39. The molecule has 0 aliphatic heterocycles. The molecule has 0 radical (unpaired) electrons. The lowest BCUT2D eigenvalue weighted by molar-refractivity contribution is 0.640. The van der Waals surface area contributed by atoms with Crippen LogP contribution in [0.3, 0.4) is 0 Å². The van der Waals surface area contributed by atoms with Crippen molar-refractivity contribution in [2.45, 2.75) is 37.5 Å². The number of nitrogens with zero attached hydrogens (tertiary/aromatic N) is 1. The number of aromatic nitrogens is 1. The molecule has 1 aromatic heterocycles. The summed E-state index contributed by atoms with van der Waals surface area (Å²) in [6.07, 6.45) is 8.91. The molecule has 1 atom stereocenters. The molecule has 3 rings (SSSR count). The highest BCUT2D eigenvalue weighted by molar-refractivity contribution is 6.79. The van der Waals surface area contributed by atoms with E-state index in [9.17, 15) is 0 Å². The first-order valence-electron chi connectivity index (χ1n) is 7.72. The largest absolute Gasteiger partial charge is 0.261 e. The monoisotopic (exact) mass is 293 g/mol. The Bertz CT molecular complexity index is 655. The van der Waals surface area contributed by atoms with Gasteiger partial charge in [-0.3, -0.25) is 4.98 Å². The van der Waals surface area contributed by atoms with Crippen LogP contribution in [-0.2, 0) is 11.5 Å². The minimum Gasteiger partial charge on any atom is -0.261 e. The van der Waals surface area contributed by atoms with Gasteiger partial charge in [0.2, 0.25) is 0 Å². The van der Waals surface area contributed by atoms with E-state index in [0.717, 1.165) is 12.8 Å². The number of hydrogen-bond acceptors (Lipinski definition) is 1. The van der Waals surface area contributed by atoms with E-state index in [1.54, 1.807) is 0 Å². The van der Waals surface area contributed by atoms with Crippen molar-refractivity contribution >= 4 is 14.1 Å². The van der Waals surface area contributed by atoms with Gasteiger partial charge in [0.15, 0.2) is 0 Å². The Labute approximate surface area is 128 Å². The second kappa shape index (κ2) is 5.27. The Hall–Kier alpha value is -1.67. The average Bonchev–Trinajstić information content (AvgIpc) is 2.86. The third-order valence-corrected chi connectivity index (χ3v) is 8.19. The lowest BCUT2D eigenvalue weighted by Crippen LogP contribution is -2.47. The summed E-state index contributed by atoms with van der Waals surface area (Å²) in [7, 11) is -1.39. The number of hydrogen-bond donors (Lipinski definition) is 0. The molecule has 1 heterocycles. The fourth-order valence-electron chi connectivity index (χ4n) is 3.49. The molecule has 1 unspecified atom stereocenters. The van der Waals surface area contributed by atoms with E-state index in [4.69, 9.17) is 0 Å². The van der Waals surface area contributed by atoms with Gasteiger partial charge in [0, 0.05) is 16.9 Å². The summed E-state index contributed by atoms with van der Waals surface area (Å²) in [5, 5.41) is 0.237. The first kappa shape index (κ1) is 14.3. The summed E-state index contributed by atoms with van der Waals surface area (Å²) in [6.45, 7) is 7.45. The molecule has 0 N–H and O–H groups in total. The van der Waals surface area contributed by atoms with Crippen molar-refractivity contribution in [1.82, 2.24) is 4.98 Å². The molecular weight excluding hydrogens is 270 g/mol. The number of fused-ring (bicyclic) bond motifs is 1. The van der Waals surface area contributed by atoms with E-state index in [1.165, 1.54) is 16.8 Å². The molecular formula is C19H23NSi. The Kier molecular flexibility index (Phi) is 3.58. The topological polar surface area (TPSA) is 12.9 Å². The summed E-state index contributed by atoms with van der Waals surface area (Å²) >= 11 is 0. The van der Waals surface area contributed by atoms with Crippen LogP contribution in [0.4, 0.5) is 0 Å². The van der Waals surface area contributed by atoms with Crippen LogP contribution in [-0.4, -0.2) is 13.1 Å². The van der Waals surface area contributed by atoms with Crippen LogP contribution < -0.4 is 0 Å². The Morgan fingerprint density at radius 1 is 1.00 bits per heavy atom. The average molecular weight is 293 g/mol. The highest BCUT2D eigenvalue weighted by atomic mass is 28.3. The maximum atomic E-state index is 4.50. The van der Waals surface area contributed by atoms with E-state index in [0.29, 0.717) is 0 Å². The molecule has 1 aliphatic carbocycles. The van der Waals surface area contributed by atoms with E-state index in [1.807, 2.05) is 12.3 Å². The molecule has 0 fully saturated rings. The number of allylic oxidation sites excluding steroid dienone is 1. The molecule has 2 aromatic rings. The van der Waals surface area contributed by atoms with E-state index < -0.39 is 8.07 Å². The van der Waals surface area contributed by atoms with Gasteiger partial charge in [-0.05, 0) is 36.1 Å². The summed E-state index contributed by atoms with van der Waals surface area (Å²) in [6, 6.07) is 15.1. The van der Waals surface area contributed by atoms with Gasteiger partial charge < -0.3 is 0 Å². The van der Waals surface area contributed by atoms with Crippen molar-refractivity contribution in [3.05, 3.63) is 71.6 Å². The van der Waals surface area contributed by atoms with Crippen LogP contribution >= 0.6 is 0 Å². The van der Waals surface area contributed by atoms with Gasteiger partial charge >= 0.3 is 0 Å². The number of rotatable bonds is 4. The van der Waals surface area contributed by atoms with Crippen LogP contribution in [0.15, 0.2) is 54.7 Å². The lowest BCUT2D eigenvalue weighted by atomic mass is 9.93. The van der Waals surface area contributed by atoms with E-state index >= 15 is 0 Å². The number of benzene rings is 1. The lowest BCUT2D eigenvalue weighted by Gasteiger charge is -2.40. The van der Waals surface area contributed by atoms with E-state index in [-0.39, 0.29) is 5.04 Å². The van der Waals surface area contributed by atoms with Crippen LogP contribution in [0.1, 0.15) is 23.2 Å². The SMILES string of the molecule is C[Si](C)(C)C1(CCc2ccccn2)C=Cc2ccccc21. The predicted octanol–water partition coefficient (Wildman–Crippen LogP) is 4.86. The third-order valence-electron chi connectivity index (χ3n) is 4.83. The van der Waals surface area contributed by atoms with Crippen molar-refractivity contribution in [2.24, 2.45) is 0 Å². The van der Waals surface area contributed by atoms with Gasteiger partial charge in [-0.25, -0.2) is 0 Å². The van der Waals surface area contributed by atoms with Crippen molar-refractivity contribution in [1.29, 1.82) is 0 Å². The smallest absolute Gasteiger partial charge is 0.0605 e. The molecule has 0 amide bonds. The van der Waals surface area contributed by atoms with Crippen molar-refractivity contribution in [3.8, 4) is 0 Å². The number of pyridine rings is 1. The molecule has 0 saturated carbocycles. The standard InChI is InChI=1S/C19H23NSi/c1-21(2,3)19(14-12-17-9-6-7-15-20-17)13-11-16-8-4-5-10-18(16)19/h4-11,13,15H,12,14H2,1-3H3.